The van der Waals surface area contributed by atoms with Crippen LogP contribution in [0.5, 0.6) is 0 Å². The summed E-state index contributed by atoms with van der Waals surface area (Å²) in [5.41, 5.74) is 4.95. The van der Waals surface area contributed by atoms with E-state index in [1.807, 2.05) is 11.6 Å². The average molecular weight is 339 g/mol. The van der Waals surface area contributed by atoms with Gasteiger partial charge in [0.1, 0.15) is 0 Å². The van der Waals surface area contributed by atoms with E-state index in [4.69, 9.17) is 0 Å². The fourth-order valence-electron chi connectivity index (χ4n) is 4.02. The Morgan fingerprint density at radius 1 is 1.28 bits per heavy atom. The summed E-state index contributed by atoms with van der Waals surface area (Å²) in [6.45, 7) is 3.91. The molecule has 2 heterocycles. The van der Waals surface area contributed by atoms with Crippen molar-refractivity contribution in [1.82, 2.24) is 25.2 Å². The fraction of sp³-hybridized carbons (Fsp3) is 0.526. The monoisotopic (exact) mass is 339 g/mol. The number of amides is 1. The normalized spacial score (nSPS) is 18.3. The zero-order chi connectivity index (χ0) is 17.4. The summed E-state index contributed by atoms with van der Waals surface area (Å²) in [7, 11) is 2.14. The third kappa shape index (κ3) is 3.06. The molecule has 2 aromatic rings. The number of rotatable bonds is 3. The summed E-state index contributed by atoms with van der Waals surface area (Å²) in [5.74, 6) is -0.0971. The Labute approximate surface area is 148 Å². The van der Waals surface area contributed by atoms with Gasteiger partial charge in [0.25, 0.3) is 5.91 Å². The van der Waals surface area contributed by atoms with Crippen LogP contribution in [0.1, 0.15) is 53.0 Å². The molecule has 6 heteroatoms. The molecule has 1 aromatic heterocycles. The third-order valence-corrected chi connectivity index (χ3v) is 5.46. The minimum absolute atomic E-state index is 0.0971. The number of nitrogens with zero attached hydrogens (tertiary/aromatic N) is 4. The van der Waals surface area contributed by atoms with Crippen molar-refractivity contribution in [3.63, 3.8) is 0 Å². The number of fused-ring (bicyclic) bond motifs is 1. The van der Waals surface area contributed by atoms with E-state index in [1.165, 1.54) is 24.0 Å². The van der Waals surface area contributed by atoms with Gasteiger partial charge in [0, 0.05) is 19.1 Å². The predicted octanol–water partition coefficient (Wildman–Crippen LogP) is 2.24. The van der Waals surface area contributed by atoms with E-state index in [9.17, 15) is 4.79 Å². The molecule has 132 valence electrons. The molecule has 0 saturated heterocycles. The molecule has 0 bridgehead atoms. The van der Waals surface area contributed by atoms with E-state index < -0.39 is 0 Å². The van der Waals surface area contributed by atoms with Crippen LogP contribution in [0.2, 0.25) is 0 Å². The lowest BCUT2D eigenvalue weighted by Gasteiger charge is -2.26. The lowest BCUT2D eigenvalue weighted by Crippen LogP contribution is -2.33. The van der Waals surface area contributed by atoms with Crippen molar-refractivity contribution in [3.05, 3.63) is 40.7 Å². The highest BCUT2D eigenvalue weighted by atomic mass is 16.2. The molecule has 1 amide bonds. The van der Waals surface area contributed by atoms with Crippen molar-refractivity contribution in [2.45, 2.75) is 51.6 Å². The number of aromatic nitrogens is 3. The van der Waals surface area contributed by atoms with Crippen LogP contribution >= 0.6 is 0 Å². The Morgan fingerprint density at radius 3 is 2.88 bits per heavy atom. The van der Waals surface area contributed by atoms with Crippen LogP contribution in [0.25, 0.3) is 5.69 Å². The Bertz CT molecular complexity index is 791. The molecule has 1 fully saturated rings. The average Bonchev–Trinajstić information content (AvgIpc) is 3.23. The highest BCUT2D eigenvalue weighted by molar-refractivity contribution is 5.93. The van der Waals surface area contributed by atoms with E-state index >= 15 is 0 Å². The standard InChI is InChI=1S/C19H25N5O/c1-13-18(19(25)20-15-7-3-4-8-15)21-22-24(13)17-9-5-6-14-12-23(2)11-10-16(14)17/h5-6,9,15H,3-4,7-8,10-12H2,1-2H3,(H,20,25). The highest BCUT2D eigenvalue weighted by Crippen LogP contribution is 2.25. The van der Waals surface area contributed by atoms with E-state index in [2.05, 4.69) is 45.8 Å². The van der Waals surface area contributed by atoms with Gasteiger partial charge >= 0.3 is 0 Å². The fourth-order valence-corrected chi connectivity index (χ4v) is 4.02. The Balaban J connectivity index is 1.63. The summed E-state index contributed by atoms with van der Waals surface area (Å²) >= 11 is 0. The smallest absolute Gasteiger partial charge is 0.273 e. The van der Waals surface area contributed by atoms with Gasteiger partial charge in [-0.15, -0.1) is 5.10 Å². The van der Waals surface area contributed by atoms with Gasteiger partial charge in [0.2, 0.25) is 0 Å². The summed E-state index contributed by atoms with van der Waals surface area (Å²) in [4.78, 5) is 14.9. The molecule has 4 rings (SSSR count). The molecule has 0 radical (unpaired) electrons. The molecule has 1 aliphatic heterocycles. The van der Waals surface area contributed by atoms with Crippen molar-refractivity contribution in [2.75, 3.05) is 13.6 Å². The zero-order valence-electron chi connectivity index (χ0n) is 15.0. The Hall–Kier alpha value is -2.21. The molecule has 25 heavy (non-hydrogen) atoms. The molecule has 1 aromatic carbocycles. The topological polar surface area (TPSA) is 63.1 Å². The first-order chi connectivity index (χ1) is 12.1. The first-order valence-corrected chi connectivity index (χ1v) is 9.16. The van der Waals surface area contributed by atoms with Crippen molar-refractivity contribution >= 4 is 5.91 Å². The number of carbonyl (C=O) groups excluding carboxylic acids is 1. The third-order valence-electron chi connectivity index (χ3n) is 5.46. The second-order valence-corrected chi connectivity index (χ2v) is 7.29. The lowest BCUT2D eigenvalue weighted by atomic mass is 9.98. The number of carbonyl (C=O) groups is 1. The highest BCUT2D eigenvalue weighted by Gasteiger charge is 2.24. The van der Waals surface area contributed by atoms with Gasteiger partial charge in [-0.1, -0.05) is 30.2 Å². The molecule has 1 N–H and O–H groups in total. The van der Waals surface area contributed by atoms with E-state index in [1.54, 1.807) is 0 Å². The van der Waals surface area contributed by atoms with Gasteiger partial charge in [-0.05, 0) is 50.4 Å². The van der Waals surface area contributed by atoms with E-state index in [-0.39, 0.29) is 11.9 Å². The van der Waals surface area contributed by atoms with Gasteiger partial charge < -0.3 is 10.2 Å². The summed E-state index contributed by atoms with van der Waals surface area (Å²) < 4.78 is 1.83. The van der Waals surface area contributed by atoms with Gasteiger partial charge in [0.05, 0.1) is 11.4 Å². The number of hydrogen-bond acceptors (Lipinski definition) is 4. The second kappa shape index (κ2) is 6.59. The van der Waals surface area contributed by atoms with Crippen molar-refractivity contribution in [1.29, 1.82) is 0 Å². The van der Waals surface area contributed by atoms with Crippen LogP contribution in [0, 0.1) is 6.92 Å². The van der Waals surface area contributed by atoms with Crippen LogP contribution in [0.3, 0.4) is 0 Å². The number of hydrogen-bond donors (Lipinski definition) is 1. The lowest BCUT2D eigenvalue weighted by molar-refractivity contribution is 0.0932. The maximum absolute atomic E-state index is 12.6. The predicted molar refractivity (Wildman–Crippen MR) is 95.9 cm³/mol. The van der Waals surface area contributed by atoms with Gasteiger partial charge in [-0.2, -0.15) is 0 Å². The quantitative estimate of drug-likeness (QED) is 0.931. The Kier molecular flexibility index (Phi) is 4.29. The van der Waals surface area contributed by atoms with Gasteiger partial charge in [-0.25, -0.2) is 4.68 Å². The minimum Gasteiger partial charge on any atom is -0.348 e. The molecule has 0 atom stereocenters. The molecule has 1 aliphatic carbocycles. The molecule has 1 saturated carbocycles. The molecule has 0 unspecified atom stereocenters. The van der Waals surface area contributed by atoms with Crippen molar-refractivity contribution in [3.8, 4) is 5.69 Å². The van der Waals surface area contributed by atoms with E-state index in [0.29, 0.717) is 5.69 Å². The molecule has 2 aliphatic rings. The number of benzene rings is 1. The minimum atomic E-state index is -0.0971. The SMILES string of the molecule is Cc1c(C(=O)NC2CCCC2)nnn1-c1cccc2c1CCN(C)C2. The van der Waals surface area contributed by atoms with Crippen LogP contribution in [0.15, 0.2) is 18.2 Å². The summed E-state index contributed by atoms with van der Waals surface area (Å²) in [6, 6.07) is 6.60. The van der Waals surface area contributed by atoms with Gasteiger partial charge in [-0.3, -0.25) is 4.79 Å². The summed E-state index contributed by atoms with van der Waals surface area (Å²) in [6.07, 6.45) is 5.52. The van der Waals surface area contributed by atoms with E-state index in [0.717, 1.165) is 43.7 Å². The van der Waals surface area contributed by atoms with Crippen LogP contribution in [-0.4, -0.2) is 45.4 Å². The second-order valence-electron chi connectivity index (χ2n) is 7.29. The number of likely N-dealkylation sites (N-methyl/N-ethyl adjacent to an activating group) is 1. The van der Waals surface area contributed by atoms with Crippen LogP contribution in [0.4, 0.5) is 0 Å². The number of nitrogens with one attached hydrogen (secondary N) is 1. The molecule has 0 spiro atoms. The zero-order valence-corrected chi connectivity index (χ0v) is 15.0. The van der Waals surface area contributed by atoms with Crippen LogP contribution < -0.4 is 5.32 Å². The van der Waals surface area contributed by atoms with Crippen LogP contribution in [-0.2, 0) is 13.0 Å². The molecular weight excluding hydrogens is 314 g/mol. The van der Waals surface area contributed by atoms with Gasteiger partial charge in [0.15, 0.2) is 5.69 Å². The first kappa shape index (κ1) is 16.3. The summed E-state index contributed by atoms with van der Waals surface area (Å²) in [5, 5.41) is 11.6. The maximum Gasteiger partial charge on any atom is 0.273 e. The molecular formula is C19H25N5O. The van der Waals surface area contributed by atoms with Crippen molar-refractivity contribution < 1.29 is 4.79 Å². The Morgan fingerprint density at radius 2 is 2.08 bits per heavy atom. The first-order valence-electron chi connectivity index (χ1n) is 9.16. The maximum atomic E-state index is 12.6. The largest absolute Gasteiger partial charge is 0.348 e. The van der Waals surface area contributed by atoms with Crippen molar-refractivity contribution in [2.24, 2.45) is 0 Å². The molecule has 6 nitrogen and oxygen atoms in total.